The maximum absolute atomic E-state index is 14.6. The quantitative estimate of drug-likeness (QED) is 0.572. The molecule has 2 aromatic carbocycles. The van der Waals surface area contributed by atoms with Crippen molar-refractivity contribution >= 4 is 17.5 Å². The standard InChI is InChI=1S/C22H25FN2O2/c1-3-24-11-13-25(14-12-24)21-9-8-18(16-20(21)23)22(26)10-7-17-5-4-6-19(15-17)27-2/h4-10,15-16H,3,11-14H2,1-2H3/b10-7+. The van der Waals surface area contributed by atoms with Crippen molar-refractivity contribution in [1.29, 1.82) is 0 Å². The van der Waals surface area contributed by atoms with Gasteiger partial charge in [-0.1, -0.05) is 25.1 Å². The van der Waals surface area contributed by atoms with Crippen LogP contribution in [-0.2, 0) is 0 Å². The fraction of sp³-hybridized carbons (Fsp3) is 0.318. The van der Waals surface area contributed by atoms with Gasteiger partial charge in [0, 0.05) is 31.7 Å². The van der Waals surface area contributed by atoms with E-state index in [9.17, 15) is 9.18 Å². The molecule has 0 bridgehead atoms. The van der Waals surface area contributed by atoms with E-state index in [1.165, 1.54) is 12.1 Å². The van der Waals surface area contributed by atoms with Gasteiger partial charge in [-0.3, -0.25) is 4.79 Å². The Bertz CT molecular complexity index is 827. The predicted octanol–water partition coefficient (Wildman–Crippen LogP) is 3.87. The highest BCUT2D eigenvalue weighted by molar-refractivity contribution is 6.07. The van der Waals surface area contributed by atoms with Gasteiger partial charge < -0.3 is 14.5 Å². The molecule has 1 aliphatic heterocycles. The Morgan fingerprint density at radius 1 is 1.15 bits per heavy atom. The number of anilines is 1. The maximum atomic E-state index is 14.6. The summed E-state index contributed by atoms with van der Waals surface area (Å²) in [6.07, 6.45) is 3.17. The third-order valence-corrected chi connectivity index (χ3v) is 4.91. The molecule has 5 heteroatoms. The van der Waals surface area contributed by atoms with Crippen LogP contribution in [0.1, 0.15) is 22.8 Å². The monoisotopic (exact) mass is 368 g/mol. The van der Waals surface area contributed by atoms with Crippen molar-refractivity contribution in [2.45, 2.75) is 6.92 Å². The summed E-state index contributed by atoms with van der Waals surface area (Å²) in [7, 11) is 1.60. The van der Waals surface area contributed by atoms with Gasteiger partial charge >= 0.3 is 0 Å². The second-order valence-corrected chi connectivity index (χ2v) is 6.56. The fourth-order valence-corrected chi connectivity index (χ4v) is 3.23. The van der Waals surface area contributed by atoms with Gasteiger partial charge in [-0.15, -0.1) is 0 Å². The molecule has 1 fully saturated rings. The molecule has 1 aliphatic rings. The van der Waals surface area contributed by atoms with Crippen molar-refractivity contribution < 1.29 is 13.9 Å². The molecule has 1 saturated heterocycles. The molecule has 27 heavy (non-hydrogen) atoms. The van der Waals surface area contributed by atoms with Crippen molar-refractivity contribution in [3.8, 4) is 5.75 Å². The van der Waals surface area contributed by atoms with Gasteiger partial charge in [0.2, 0.25) is 0 Å². The normalized spacial score (nSPS) is 15.3. The van der Waals surface area contributed by atoms with Gasteiger partial charge in [-0.05, 0) is 48.5 Å². The minimum Gasteiger partial charge on any atom is -0.497 e. The Labute approximate surface area is 159 Å². The number of carbonyl (C=O) groups excluding carboxylic acids is 1. The van der Waals surface area contributed by atoms with Crippen LogP contribution < -0.4 is 9.64 Å². The second kappa shape index (κ2) is 8.82. The summed E-state index contributed by atoms with van der Waals surface area (Å²) in [6, 6.07) is 12.2. The van der Waals surface area contributed by atoms with E-state index in [0.717, 1.165) is 44.0 Å². The van der Waals surface area contributed by atoms with E-state index < -0.39 is 0 Å². The lowest BCUT2D eigenvalue weighted by Crippen LogP contribution is -2.46. The number of methoxy groups -OCH3 is 1. The average molecular weight is 368 g/mol. The predicted molar refractivity (Wildman–Crippen MR) is 107 cm³/mol. The minimum absolute atomic E-state index is 0.223. The number of halogens is 1. The molecule has 0 saturated carbocycles. The van der Waals surface area contributed by atoms with Crippen LogP contribution in [0.15, 0.2) is 48.5 Å². The molecule has 142 valence electrons. The average Bonchev–Trinajstić information content (AvgIpc) is 2.72. The summed E-state index contributed by atoms with van der Waals surface area (Å²) in [5, 5.41) is 0. The largest absolute Gasteiger partial charge is 0.497 e. The lowest BCUT2D eigenvalue weighted by atomic mass is 10.1. The highest BCUT2D eigenvalue weighted by atomic mass is 19.1. The Balaban J connectivity index is 1.69. The van der Waals surface area contributed by atoms with Crippen LogP contribution in [0, 0.1) is 5.82 Å². The molecule has 2 aromatic rings. The SMILES string of the molecule is CCN1CCN(c2ccc(C(=O)/C=C/c3cccc(OC)c3)cc2F)CC1. The van der Waals surface area contributed by atoms with Crippen LogP contribution in [-0.4, -0.2) is 50.5 Å². The summed E-state index contributed by atoms with van der Waals surface area (Å²) in [5.74, 6) is 0.155. The first-order valence-electron chi connectivity index (χ1n) is 9.24. The number of allylic oxidation sites excluding steroid dienone is 1. The van der Waals surface area contributed by atoms with Crippen molar-refractivity contribution in [2.75, 3.05) is 44.7 Å². The summed E-state index contributed by atoms with van der Waals surface area (Å²) in [4.78, 5) is 16.8. The highest BCUT2D eigenvalue weighted by Crippen LogP contribution is 2.23. The van der Waals surface area contributed by atoms with E-state index in [4.69, 9.17) is 4.74 Å². The number of piperazine rings is 1. The fourth-order valence-electron chi connectivity index (χ4n) is 3.23. The lowest BCUT2D eigenvalue weighted by molar-refractivity contribution is 0.104. The first-order chi connectivity index (χ1) is 13.1. The number of rotatable bonds is 6. The Morgan fingerprint density at radius 3 is 2.59 bits per heavy atom. The summed E-state index contributed by atoms with van der Waals surface area (Å²) in [6.45, 7) is 6.61. The number of hydrogen-bond donors (Lipinski definition) is 0. The maximum Gasteiger partial charge on any atom is 0.185 e. The van der Waals surface area contributed by atoms with Crippen molar-refractivity contribution in [3.63, 3.8) is 0 Å². The van der Waals surface area contributed by atoms with Crippen LogP contribution in [0.3, 0.4) is 0 Å². The van der Waals surface area contributed by atoms with Gasteiger partial charge in [0.15, 0.2) is 5.78 Å². The number of nitrogens with zero attached hydrogens (tertiary/aromatic N) is 2. The van der Waals surface area contributed by atoms with E-state index in [2.05, 4.69) is 11.8 Å². The van der Waals surface area contributed by atoms with Crippen molar-refractivity contribution in [3.05, 3.63) is 65.5 Å². The smallest absolute Gasteiger partial charge is 0.185 e. The van der Waals surface area contributed by atoms with E-state index in [1.54, 1.807) is 25.3 Å². The molecule has 0 unspecified atom stereocenters. The molecule has 1 heterocycles. The van der Waals surface area contributed by atoms with Crippen LogP contribution in [0.4, 0.5) is 10.1 Å². The number of benzene rings is 2. The summed E-state index contributed by atoms with van der Waals surface area (Å²) >= 11 is 0. The Hall–Kier alpha value is -2.66. The second-order valence-electron chi connectivity index (χ2n) is 6.56. The zero-order valence-electron chi connectivity index (χ0n) is 15.8. The third kappa shape index (κ3) is 4.74. The van der Waals surface area contributed by atoms with Crippen LogP contribution >= 0.6 is 0 Å². The van der Waals surface area contributed by atoms with E-state index in [1.807, 2.05) is 29.2 Å². The van der Waals surface area contributed by atoms with Gasteiger partial charge in [0.05, 0.1) is 12.8 Å². The van der Waals surface area contributed by atoms with E-state index in [-0.39, 0.29) is 11.6 Å². The molecule has 0 atom stereocenters. The minimum atomic E-state index is -0.347. The Kier molecular flexibility index (Phi) is 6.24. The van der Waals surface area contributed by atoms with Crippen LogP contribution in [0.2, 0.25) is 0 Å². The topological polar surface area (TPSA) is 32.8 Å². The molecule has 0 spiro atoms. The summed E-state index contributed by atoms with van der Waals surface area (Å²) in [5.41, 5.74) is 1.77. The van der Waals surface area contributed by atoms with Gasteiger partial charge in [0.1, 0.15) is 11.6 Å². The van der Waals surface area contributed by atoms with Crippen molar-refractivity contribution in [2.24, 2.45) is 0 Å². The number of hydrogen-bond acceptors (Lipinski definition) is 4. The van der Waals surface area contributed by atoms with Gasteiger partial charge in [-0.25, -0.2) is 4.39 Å². The molecule has 0 aliphatic carbocycles. The number of carbonyl (C=O) groups is 1. The molecule has 0 N–H and O–H groups in total. The number of likely N-dealkylation sites (N-methyl/N-ethyl adjacent to an activating group) is 1. The molecule has 0 amide bonds. The molecule has 0 aromatic heterocycles. The number of ether oxygens (including phenoxy) is 1. The van der Waals surface area contributed by atoms with E-state index in [0.29, 0.717) is 11.3 Å². The van der Waals surface area contributed by atoms with Gasteiger partial charge in [-0.2, -0.15) is 0 Å². The molecule has 0 radical (unpaired) electrons. The van der Waals surface area contributed by atoms with Gasteiger partial charge in [0.25, 0.3) is 0 Å². The summed E-state index contributed by atoms with van der Waals surface area (Å²) < 4.78 is 19.8. The van der Waals surface area contributed by atoms with E-state index >= 15 is 0 Å². The molecule has 3 rings (SSSR count). The lowest BCUT2D eigenvalue weighted by Gasteiger charge is -2.35. The first-order valence-corrected chi connectivity index (χ1v) is 9.24. The molecular formula is C22H25FN2O2. The molecule has 4 nitrogen and oxygen atoms in total. The van der Waals surface area contributed by atoms with Crippen LogP contribution in [0.25, 0.3) is 6.08 Å². The highest BCUT2D eigenvalue weighted by Gasteiger charge is 2.19. The first kappa shape index (κ1) is 19.1. The molecular weight excluding hydrogens is 343 g/mol. The zero-order chi connectivity index (χ0) is 19.2. The Morgan fingerprint density at radius 2 is 1.93 bits per heavy atom. The van der Waals surface area contributed by atoms with Crippen LogP contribution in [0.5, 0.6) is 5.75 Å². The third-order valence-electron chi connectivity index (χ3n) is 4.91. The number of ketones is 1. The zero-order valence-corrected chi connectivity index (χ0v) is 15.8. The van der Waals surface area contributed by atoms with Crippen molar-refractivity contribution in [1.82, 2.24) is 4.90 Å².